The maximum Gasteiger partial charge on any atom is 0.0535 e. The highest BCUT2D eigenvalue weighted by Crippen LogP contribution is 2.37. The van der Waals surface area contributed by atoms with Gasteiger partial charge in [-0.05, 0) is 53.5 Å². The minimum atomic E-state index is 0.490. The number of benzene rings is 1. The molecule has 1 atom stereocenters. The maximum atomic E-state index is 3.58. The quantitative estimate of drug-likeness (QED) is 0.806. The number of anilines is 1. The molecule has 0 saturated carbocycles. The SMILES string of the molecule is CNC1CCNc2c(Br)ccc(C)c21. The zero-order valence-corrected chi connectivity index (χ0v) is 10.1. The van der Waals surface area contributed by atoms with Gasteiger partial charge in [0.25, 0.3) is 0 Å². The highest BCUT2D eigenvalue weighted by atomic mass is 79.9. The average molecular weight is 255 g/mol. The molecule has 2 N–H and O–H groups in total. The van der Waals surface area contributed by atoms with E-state index in [-0.39, 0.29) is 0 Å². The Labute approximate surface area is 93.2 Å². The summed E-state index contributed by atoms with van der Waals surface area (Å²) in [6.07, 6.45) is 1.15. The van der Waals surface area contributed by atoms with Crippen molar-refractivity contribution in [2.75, 3.05) is 18.9 Å². The van der Waals surface area contributed by atoms with Crippen LogP contribution in [0.1, 0.15) is 23.6 Å². The lowest BCUT2D eigenvalue weighted by molar-refractivity contribution is 0.548. The Morgan fingerprint density at radius 1 is 1.50 bits per heavy atom. The summed E-state index contributed by atoms with van der Waals surface area (Å²) < 4.78 is 1.16. The minimum Gasteiger partial charge on any atom is -0.384 e. The van der Waals surface area contributed by atoms with Crippen LogP contribution in [0.5, 0.6) is 0 Å². The van der Waals surface area contributed by atoms with Gasteiger partial charge in [-0.3, -0.25) is 0 Å². The van der Waals surface area contributed by atoms with Crippen molar-refractivity contribution in [3.63, 3.8) is 0 Å². The molecule has 1 aromatic carbocycles. The summed E-state index contributed by atoms with van der Waals surface area (Å²) >= 11 is 3.58. The van der Waals surface area contributed by atoms with Crippen molar-refractivity contribution in [1.29, 1.82) is 0 Å². The lowest BCUT2D eigenvalue weighted by Gasteiger charge is -2.29. The number of rotatable bonds is 1. The molecule has 0 aromatic heterocycles. The monoisotopic (exact) mass is 254 g/mol. The summed E-state index contributed by atoms with van der Waals surface area (Å²) in [5.74, 6) is 0. The summed E-state index contributed by atoms with van der Waals surface area (Å²) in [7, 11) is 2.03. The predicted molar refractivity (Wildman–Crippen MR) is 63.8 cm³/mol. The van der Waals surface area contributed by atoms with Gasteiger partial charge < -0.3 is 10.6 Å². The Balaban J connectivity index is 2.55. The first kappa shape index (κ1) is 9.99. The largest absolute Gasteiger partial charge is 0.384 e. The van der Waals surface area contributed by atoms with Crippen LogP contribution in [0.3, 0.4) is 0 Å². The number of hydrogen-bond donors (Lipinski definition) is 2. The van der Waals surface area contributed by atoms with E-state index in [1.54, 1.807) is 0 Å². The highest BCUT2D eigenvalue weighted by molar-refractivity contribution is 9.10. The van der Waals surface area contributed by atoms with Crippen molar-refractivity contribution < 1.29 is 0 Å². The van der Waals surface area contributed by atoms with Gasteiger partial charge in [-0.15, -0.1) is 0 Å². The lowest BCUT2D eigenvalue weighted by atomic mass is 9.94. The fourth-order valence-corrected chi connectivity index (χ4v) is 2.59. The third kappa shape index (κ3) is 1.55. The molecule has 0 saturated heterocycles. The molecule has 1 heterocycles. The second-order valence-corrected chi connectivity index (χ2v) is 4.56. The van der Waals surface area contributed by atoms with Crippen LogP contribution in [-0.4, -0.2) is 13.6 Å². The third-order valence-electron chi connectivity index (χ3n) is 2.84. The summed E-state index contributed by atoms with van der Waals surface area (Å²) in [6, 6.07) is 4.77. The molecule has 3 heteroatoms. The van der Waals surface area contributed by atoms with Gasteiger partial charge in [0.2, 0.25) is 0 Å². The summed E-state index contributed by atoms with van der Waals surface area (Å²) in [4.78, 5) is 0. The Kier molecular flexibility index (Phi) is 2.79. The van der Waals surface area contributed by atoms with Crippen LogP contribution >= 0.6 is 15.9 Å². The third-order valence-corrected chi connectivity index (χ3v) is 3.51. The second-order valence-electron chi connectivity index (χ2n) is 3.71. The van der Waals surface area contributed by atoms with Crippen LogP contribution in [0.15, 0.2) is 16.6 Å². The zero-order valence-electron chi connectivity index (χ0n) is 8.52. The molecular formula is C11H15BrN2. The van der Waals surface area contributed by atoms with E-state index in [1.165, 1.54) is 16.8 Å². The van der Waals surface area contributed by atoms with E-state index >= 15 is 0 Å². The van der Waals surface area contributed by atoms with Gasteiger partial charge in [0, 0.05) is 17.1 Å². The minimum absolute atomic E-state index is 0.490. The molecule has 1 aliphatic heterocycles. The van der Waals surface area contributed by atoms with Crippen LogP contribution in [0, 0.1) is 6.92 Å². The molecule has 14 heavy (non-hydrogen) atoms. The van der Waals surface area contributed by atoms with Crippen LogP contribution in [0.4, 0.5) is 5.69 Å². The Morgan fingerprint density at radius 3 is 3.00 bits per heavy atom. The van der Waals surface area contributed by atoms with Gasteiger partial charge in [0.15, 0.2) is 0 Å². The van der Waals surface area contributed by atoms with Crippen LogP contribution < -0.4 is 10.6 Å². The fraction of sp³-hybridized carbons (Fsp3) is 0.455. The molecule has 0 spiro atoms. The normalized spacial score (nSPS) is 20.1. The van der Waals surface area contributed by atoms with Crippen LogP contribution in [0.2, 0.25) is 0 Å². The van der Waals surface area contributed by atoms with Crippen molar-refractivity contribution in [3.05, 3.63) is 27.7 Å². The molecule has 0 amide bonds. The fourth-order valence-electron chi connectivity index (χ4n) is 2.10. The Hall–Kier alpha value is -0.540. The first-order chi connectivity index (χ1) is 6.74. The van der Waals surface area contributed by atoms with Gasteiger partial charge in [0.05, 0.1) is 5.69 Å². The second kappa shape index (κ2) is 3.91. The molecule has 2 nitrogen and oxygen atoms in total. The average Bonchev–Trinajstić information content (AvgIpc) is 2.23. The topological polar surface area (TPSA) is 24.1 Å². The van der Waals surface area contributed by atoms with Crippen molar-refractivity contribution in [2.45, 2.75) is 19.4 Å². The first-order valence-electron chi connectivity index (χ1n) is 4.94. The van der Waals surface area contributed by atoms with E-state index in [0.29, 0.717) is 6.04 Å². The van der Waals surface area contributed by atoms with Crippen molar-refractivity contribution in [1.82, 2.24) is 5.32 Å². The number of hydrogen-bond acceptors (Lipinski definition) is 2. The van der Waals surface area contributed by atoms with E-state index in [4.69, 9.17) is 0 Å². The molecule has 1 aromatic rings. The zero-order chi connectivity index (χ0) is 10.1. The number of fused-ring (bicyclic) bond motifs is 1. The van der Waals surface area contributed by atoms with E-state index < -0.39 is 0 Å². The first-order valence-corrected chi connectivity index (χ1v) is 5.73. The Morgan fingerprint density at radius 2 is 2.29 bits per heavy atom. The van der Waals surface area contributed by atoms with Crippen LogP contribution in [-0.2, 0) is 0 Å². The summed E-state index contributed by atoms with van der Waals surface area (Å²) in [5.41, 5.74) is 4.03. The van der Waals surface area contributed by atoms with Gasteiger partial charge >= 0.3 is 0 Å². The molecule has 0 aliphatic carbocycles. The van der Waals surface area contributed by atoms with E-state index in [0.717, 1.165) is 17.4 Å². The standard InChI is InChI=1S/C11H15BrN2/c1-7-3-4-8(12)11-10(7)9(13-2)5-6-14-11/h3-4,9,13-14H,5-6H2,1-2H3. The number of halogens is 1. The number of nitrogens with one attached hydrogen (secondary N) is 2. The molecule has 1 unspecified atom stereocenters. The smallest absolute Gasteiger partial charge is 0.0535 e. The van der Waals surface area contributed by atoms with Gasteiger partial charge in [-0.1, -0.05) is 6.07 Å². The van der Waals surface area contributed by atoms with Crippen LogP contribution in [0.25, 0.3) is 0 Å². The molecule has 1 aliphatic rings. The van der Waals surface area contributed by atoms with Crippen molar-refractivity contribution in [3.8, 4) is 0 Å². The highest BCUT2D eigenvalue weighted by Gasteiger charge is 2.21. The molecule has 2 rings (SSSR count). The predicted octanol–water partition coefficient (Wildman–Crippen LogP) is 2.83. The summed E-state index contributed by atoms with van der Waals surface area (Å²) in [5, 5.41) is 6.82. The molecule has 0 radical (unpaired) electrons. The van der Waals surface area contributed by atoms with Crippen molar-refractivity contribution >= 4 is 21.6 Å². The molecule has 0 bridgehead atoms. The molecular weight excluding hydrogens is 240 g/mol. The van der Waals surface area contributed by atoms with Gasteiger partial charge in [-0.2, -0.15) is 0 Å². The molecule has 76 valence electrons. The lowest BCUT2D eigenvalue weighted by Crippen LogP contribution is -2.26. The maximum absolute atomic E-state index is 3.58. The van der Waals surface area contributed by atoms with E-state index in [9.17, 15) is 0 Å². The summed E-state index contributed by atoms with van der Waals surface area (Å²) in [6.45, 7) is 3.21. The number of aryl methyl sites for hydroxylation is 1. The van der Waals surface area contributed by atoms with Gasteiger partial charge in [0.1, 0.15) is 0 Å². The molecule has 0 fully saturated rings. The van der Waals surface area contributed by atoms with Crippen molar-refractivity contribution in [2.24, 2.45) is 0 Å². The van der Waals surface area contributed by atoms with Gasteiger partial charge in [-0.25, -0.2) is 0 Å². The Bertz CT molecular complexity index is 349. The van der Waals surface area contributed by atoms with E-state index in [1.807, 2.05) is 7.05 Å². The van der Waals surface area contributed by atoms with E-state index in [2.05, 4.69) is 45.6 Å².